The van der Waals surface area contributed by atoms with Crippen molar-refractivity contribution in [2.45, 2.75) is 194 Å². The standard InChI is InChI=1S/C36H76N2O2/c1-5-7-9-11-13-15-17-19-21-25-29-37(33-35(3)39)31-27-23-24-28-32-38(34-36(4)40)30-26-22-20-18-16-14-12-10-8-6-2/h35-36,39-40H,5-34H2,1-4H3. The molecule has 0 spiro atoms. The topological polar surface area (TPSA) is 46.9 Å². The van der Waals surface area contributed by atoms with Gasteiger partial charge in [0, 0.05) is 13.1 Å². The summed E-state index contributed by atoms with van der Waals surface area (Å²) in [5.74, 6) is 0. The maximum Gasteiger partial charge on any atom is 0.0639 e. The Balaban J connectivity index is 3.90. The first-order valence-electron chi connectivity index (χ1n) is 18.3. The molecule has 0 aliphatic carbocycles. The van der Waals surface area contributed by atoms with Crippen molar-refractivity contribution in [2.24, 2.45) is 0 Å². The molecule has 0 rings (SSSR count). The Morgan fingerprint density at radius 1 is 0.350 bits per heavy atom. The summed E-state index contributed by atoms with van der Waals surface area (Å²) in [6, 6.07) is 0. The molecular formula is C36H76N2O2. The van der Waals surface area contributed by atoms with Crippen LogP contribution in [0.15, 0.2) is 0 Å². The molecule has 0 fully saturated rings. The van der Waals surface area contributed by atoms with E-state index in [1.807, 2.05) is 13.8 Å². The number of hydrogen-bond donors (Lipinski definition) is 2. The molecule has 0 aromatic rings. The van der Waals surface area contributed by atoms with Crippen molar-refractivity contribution in [1.29, 1.82) is 0 Å². The zero-order valence-corrected chi connectivity index (χ0v) is 28.2. The molecule has 0 aliphatic heterocycles. The van der Waals surface area contributed by atoms with Crippen LogP contribution in [0.5, 0.6) is 0 Å². The number of hydrogen-bond acceptors (Lipinski definition) is 4. The van der Waals surface area contributed by atoms with Gasteiger partial charge in [0.1, 0.15) is 0 Å². The maximum absolute atomic E-state index is 9.96. The van der Waals surface area contributed by atoms with Gasteiger partial charge >= 0.3 is 0 Å². The number of nitrogens with zero attached hydrogens (tertiary/aromatic N) is 2. The fraction of sp³-hybridized carbons (Fsp3) is 1.00. The van der Waals surface area contributed by atoms with Crippen molar-refractivity contribution in [1.82, 2.24) is 9.80 Å². The van der Waals surface area contributed by atoms with E-state index < -0.39 is 0 Å². The van der Waals surface area contributed by atoms with E-state index in [0.29, 0.717) is 0 Å². The van der Waals surface area contributed by atoms with Crippen molar-refractivity contribution in [3.05, 3.63) is 0 Å². The first kappa shape index (κ1) is 39.8. The Morgan fingerprint density at radius 3 is 0.750 bits per heavy atom. The fourth-order valence-electron chi connectivity index (χ4n) is 6.01. The molecule has 0 bridgehead atoms. The fourth-order valence-corrected chi connectivity index (χ4v) is 6.01. The summed E-state index contributed by atoms with van der Waals surface area (Å²) < 4.78 is 0. The number of rotatable bonds is 33. The molecule has 4 nitrogen and oxygen atoms in total. The van der Waals surface area contributed by atoms with Crippen LogP contribution in [0.4, 0.5) is 0 Å². The molecule has 0 saturated heterocycles. The third-order valence-corrected chi connectivity index (χ3v) is 8.40. The molecule has 0 aromatic carbocycles. The van der Waals surface area contributed by atoms with E-state index in [0.717, 1.165) is 39.3 Å². The smallest absolute Gasteiger partial charge is 0.0639 e. The minimum atomic E-state index is -0.233. The molecule has 0 aliphatic rings. The summed E-state index contributed by atoms with van der Waals surface area (Å²) in [6.07, 6.45) is 32.1. The van der Waals surface area contributed by atoms with Crippen LogP contribution >= 0.6 is 0 Å². The van der Waals surface area contributed by atoms with E-state index >= 15 is 0 Å². The van der Waals surface area contributed by atoms with Gasteiger partial charge in [-0.25, -0.2) is 0 Å². The van der Waals surface area contributed by atoms with Crippen LogP contribution in [0.3, 0.4) is 0 Å². The molecular weight excluding hydrogens is 492 g/mol. The SMILES string of the molecule is CCCCCCCCCCCCN(CCCCCCN(CCCCCCCCCCCC)CC(C)O)CC(C)O. The first-order valence-corrected chi connectivity index (χ1v) is 18.3. The Morgan fingerprint density at radius 2 is 0.550 bits per heavy atom. The highest BCUT2D eigenvalue weighted by molar-refractivity contribution is 4.65. The predicted octanol–water partition coefficient (Wildman–Crippen LogP) is 9.75. The molecule has 2 unspecified atom stereocenters. The van der Waals surface area contributed by atoms with Gasteiger partial charge in [0.15, 0.2) is 0 Å². The van der Waals surface area contributed by atoms with Gasteiger partial charge in [-0.3, -0.25) is 0 Å². The second-order valence-electron chi connectivity index (χ2n) is 13.1. The van der Waals surface area contributed by atoms with Crippen molar-refractivity contribution in [3.8, 4) is 0 Å². The van der Waals surface area contributed by atoms with Crippen LogP contribution in [-0.2, 0) is 0 Å². The van der Waals surface area contributed by atoms with Crippen LogP contribution in [0.2, 0.25) is 0 Å². The van der Waals surface area contributed by atoms with Crippen molar-refractivity contribution in [3.63, 3.8) is 0 Å². The minimum Gasteiger partial charge on any atom is -0.392 e. The highest BCUT2D eigenvalue weighted by Crippen LogP contribution is 2.13. The predicted molar refractivity (Wildman–Crippen MR) is 178 cm³/mol. The monoisotopic (exact) mass is 569 g/mol. The van der Waals surface area contributed by atoms with E-state index in [2.05, 4.69) is 23.6 Å². The zero-order valence-electron chi connectivity index (χ0n) is 28.2. The van der Waals surface area contributed by atoms with Gasteiger partial charge in [-0.1, -0.05) is 142 Å². The molecule has 0 aromatic heterocycles. The summed E-state index contributed by atoms with van der Waals surface area (Å²) in [5.41, 5.74) is 0. The molecule has 0 radical (unpaired) electrons. The quantitative estimate of drug-likeness (QED) is 0.0774. The summed E-state index contributed by atoms with van der Waals surface area (Å²) in [7, 11) is 0. The number of aliphatic hydroxyl groups excluding tert-OH is 2. The van der Waals surface area contributed by atoms with E-state index in [1.54, 1.807) is 0 Å². The van der Waals surface area contributed by atoms with Crippen LogP contribution < -0.4 is 0 Å². The van der Waals surface area contributed by atoms with Gasteiger partial charge in [-0.15, -0.1) is 0 Å². The maximum atomic E-state index is 9.96. The Bertz CT molecular complexity index is 430. The lowest BCUT2D eigenvalue weighted by molar-refractivity contribution is 0.121. The lowest BCUT2D eigenvalue weighted by Crippen LogP contribution is -2.33. The van der Waals surface area contributed by atoms with Gasteiger partial charge in [0.05, 0.1) is 12.2 Å². The van der Waals surface area contributed by atoms with E-state index in [-0.39, 0.29) is 12.2 Å². The van der Waals surface area contributed by atoms with Crippen molar-refractivity contribution in [2.75, 3.05) is 39.3 Å². The normalized spacial score (nSPS) is 13.5. The van der Waals surface area contributed by atoms with Crippen LogP contribution in [-0.4, -0.2) is 71.5 Å². The first-order chi connectivity index (χ1) is 19.5. The molecule has 0 amide bonds. The number of unbranched alkanes of at least 4 members (excludes halogenated alkanes) is 21. The van der Waals surface area contributed by atoms with Gasteiger partial charge in [0.2, 0.25) is 0 Å². The molecule has 0 heterocycles. The average Bonchev–Trinajstić information content (AvgIpc) is 2.91. The third-order valence-electron chi connectivity index (χ3n) is 8.40. The molecule has 2 N–H and O–H groups in total. The van der Waals surface area contributed by atoms with Crippen LogP contribution in [0.25, 0.3) is 0 Å². The van der Waals surface area contributed by atoms with Crippen LogP contribution in [0, 0.1) is 0 Å². The van der Waals surface area contributed by atoms with Gasteiger partial charge in [0.25, 0.3) is 0 Å². The van der Waals surface area contributed by atoms with E-state index in [1.165, 1.54) is 154 Å². The summed E-state index contributed by atoms with van der Waals surface area (Å²) >= 11 is 0. The van der Waals surface area contributed by atoms with E-state index in [9.17, 15) is 10.2 Å². The van der Waals surface area contributed by atoms with Gasteiger partial charge in [-0.2, -0.15) is 0 Å². The summed E-state index contributed by atoms with van der Waals surface area (Å²) in [6.45, 7) is 14.6. The molecule has 242 valence electrons. The Hall–Kier alpha value is -0.160. The van der Waals surface area contributed by atoms with E-state index in [4.69, 9.17) is 0 Å². The summed E-state index contributed by atoms with van der Waals surface area (Å²) in [4.78, 5) is 5.00. The number of aliphatic hydroxyl groups is 2. The molecule has 40 heavy (non-hydrogen) atoms. The molecule has 4 heteroatoms. The second-order valence-corrected chi connectivity index (χ2v) is 13.1. The largest absolute Gasteiger partial charge is 0.392 e. The Kier molecular flexibility index (Phi) is 31.6. The highest BCUT2D eigenvalue weighted by Gasteiger charge is 2.10. The van der Waals surface area contributed by atoms with Gasteiger partial charge in [-0.05, 0) is 65.7 Å². The average molecular weight is 569 g/mol. The van der Waals surface area contributed by atoms with Gasteiger partial charge < -0.3 is 20.0 Å². The van der Waals surface area contributed by atoms with Crippen molar-refractivity contribution >= 4 is 0 Å². The third kappa shape index (κ3) is 30.8. The zero-order chi connectivity index (χ0) is 29.5. The van der Waals surface area contributed by atoms with Crippen molar-refractivity contribution < 1.29 is 10.2 Å². The van der Waals surface area contributed by atoms with Crippen LogP contribution in [0.1, 0.15) is 182 Å². The minimum absolute atomic E-state index is 0.233. The lowest BCUT2D eigenvalue weighted by atomic mass is 10.1. The second kappa shape index (κ2) is 31.8. The summed E-state index contributed by atoms with van der Waals surface area (Å²) in [5, 5.41) is 19.9. The highest BCUT2D eigenvalue weighted by atomic mass is 16.3. The lowest BCUT2D eigenvalue weighted by Gasteiger charge is -2.25. The molecule has 0 saturated carbocycles. The molecule has 2 atom stereocenters. The Labute approximate surface area is 253 Å².